The van der Waals surface area contributed by atoms with E-state index in [0.717, 1.165) is 25.7 Å². The van der Waals surface area contributed by atoms with Gasteiger partial charge in [-0.1, -0.05) is 224 Å². The summed E-state index contributed by atoms with van der Waals surface area (Å²) in [4.78, 5) is 12.5. The van der Waals surface area contributed by atoms with Crippen LogP contribution in [0.3, 0.4) is 0 Å². The number of hydrogen-bond acceptors (Lipinski definition) is 4. The van der Waals surface area contributed by atoms with E-state index in [1.807, 2.05) is 0 Å². The quantitative estimate of drug-likeness (QED) is 0.0371. The van der Waals surface area contributed by atoms with Gasteiger partial charge in [0.25, 0.3) is 0 Å². The lowest BCUT2D eigenvalue weighted by molar-refractivity contribution is -0.125. The lowest BCUT2D eigenvalue weighted by Gasteiger charge is -2.23. The molecule has 3 atom stereocenters. The molecule has 0 radical (unpaired) electrons. The van der Waals surface area contributed by atoms with E-state index in [2.05, 4.69) is 43.5 Å². The summed E-state index contributed by atoms with van der Waals surface area (Å²) in [6.45, 7) is 4.25. The van der Waals surface area contributed by atoms with E-state index >= 15 is 0 Å². The van der Waals surface area contributed by atoms with Crippen molar-refractivity contribution in [2.75, 3.05) is 6.61 Å². The summed E-state index contributed by atoms with van der Waals surface area (Å²) in [7, 11) is 0. The number of hydrogen-bond donors (Lipinski definition) is 4. The van der Waals surface area contributed by atoms with E-state index < -0.39 is 18.2 Å². The summed E-state index contributed by atoms with van der Waals surface area (Å²) in [5.74, 6) is -0.285. The first-order valence-corrected chi connectivity index (χ1v) is 23.1. The Morgan fingerprint density at radius 1 is 0.481 bits per heavy atom. The molecule has 0 heterocycles. The van der Waals surface area contributed by atoms with Crippen LogP contribution < -0.4 is 5.32 Å². The Labute approximate surface area is 324 Å². The highest BCUT2D eigenvalue weighted by atomic mass is 16.3. The molecule has 0 spiro atoms. The fourth-order valence-corrected chi connectivity index (χ4v) is 7.22. The van der Waals surface area contributed by atoms with Crippen molar-refractivity contribution < 1.29 is 20.1 Å². The van der Waals surface area contributed by atoms with Crippen LogP contribution in [0.1, 0.15) is 245 Å². The van der Waals surface area contributed by atoms with Crippen LogP contribution in [0.4, 0.5) is 0 Å². The number of rotatable bonds is 42. The maximum Gasteiger partial charge on any atom is 0.222 e. The summed E-state index contributed by atoms with van der Waals surface area (Å²) in [6.07, 6.45) is 51.4. The second-order valence-corrected chi connectivity index (χ2v) is 16.0. The number of carbonyl (C=O) groups is 1. The lowest BCUT2D eigenvalue weighted by Crippen LogP contribution is -2.46. The second-order valence-electron chi connectivity index (χ2n) is 16.0. The van der Waals surface area contributed by atoms with Gasteiger partial charge < -0.3 is 20.6 Å². The Morgan fingerprint density at radius 2 is 0.808 bits per heavy atom. The van der Waals surface area contributed by atoms with E-state index in [1.54, 1.807) is 0 Å². The van der Waals surface area contributed by atoms with E-state index in [1.165, 1.54) is 186 Å². The number of aliphatic hydroxyl groups is 3. The van der Waals surface area contributed by atoms with Gasteiger partial charge in [-0.15, -0.1) is 0 Å². The van der Waals surface area contributed by atoms with Crippen LogP contribution in [-0.4, -0.2) is 46.1 Å². The van der Waals surface area contributed by atoms with Crippen molar-refractivity contribution in [3.05, 3.63) is 24.3 Å². The van der Waals surface area contributed by atoms with Gasteiger partial charge in [0.05, 0.1) is 31.3 Å². The molecule has 0 bridgehead atoms. The SMILES string of the molecule is CCCCC/C=C\C=C/CCCCCCCCCCC(O)CC(=O)NC(CO)C(O)CCCCCCCCCCCCCCCCCCCCCC. The Balaban J connectivity index is 3.60. The van der Waals surface area contributed by atoms with Crippen LogP contribution in [0.15, 0.2) is 24.3 Å². The largest absolute Gasteiger partial charge is 0.394 e. The summed E-state index contributed by atoms with van der Waals surface area (Å²) in [5, 5.41) is 33.5. The number of unbranched alkanes of at least 4 members (excludes halogenated alkanes) is 30. The third kappa shape index (κ3) is 38.6. The fraction of sp³-hybridized carbons (Fsp3) is 0.894. The molecule has 0 fully saturated rings. The molecule has 0 aliphatic rings. The maximum atomic E-state index is 12.5. The van der Waals surface area contributed by atoms with E-state index in [9.17, 15) is 20.1 Å². The van der Waals surface area contributed by atoms with E-state index in [4.69, 9.17) is 0 Å². The Bertz CT molecular complexity index is 768. The third-order valence-corrected chi connectivity index (χ3v) is 10.8. The lowest BCUT2D eigenvalue weighted by atomic mass is 10.0. The number of allylic oxidation sites excluding steroid dienone is 4. The average Bonchev–Trinajstić information content (AvgIpc) is 3.14. The minimum absolute atomic E-state index is 0.0334. The molecule has 3 unspecified atom stereocenters. The smallest absolute Gasteiger partial charge is 0.222 e. The van der Waals surface area contributed by atoms with Gasteiger partial charge in [0.15, 0.2) is 0 Å². The van der Waals surface area contributed by atoms with Crippen molar-refractivity contribution in [1.82, 2.24) is 5.32 Å². The van der Waals surface area contributed by atoms with Gasteiger partial charge in [0, 0.05) is 0 Å². The summed E-state index contributed by atoms with van der Waals surface area (Å²) in [6, 6.07) is -0.659. The van der Waals surface area contributed by atoms with Gasteiger partial charge in [-0.25, -0.2) is 0 Å². The first kappa shape index (κ1) is 50.8. The van der Waals surface area contributed by atoms with E-state index in [0.29, 0.717) is 12.8 Å². The molecule has 5 nitrogen and oxygen atoms in total. The molecule has 0 saturated carbocycles. The molecule has 0 aromatic rings. The Hall–Kier alpha value is -1.17. The molecule has 4 N–H and O–H groups in total. The van der Waals surface area contributed by atoms with Crippen LogP contribution >= 0.6 is 0 Å². The molecular formula is C47H91NO4. The highest BCUT2D eigenvalue weighted by Gasteiger charge is 2.21. The van der Waals surface area contributed by atoms with Crippen molar-refractivity contribution in [1.29, 1.82) is 0 Å². The number of nitrogens with one attached hydrogen (secondary N) is 1. The molecular weight excluding hydrogens is 643 g/mol. The van der Waals surface area contributed by atoms with Gasteiger partial charge >= 0.3 is 0 Å². The monoisotopic (exact) mass is 734 g/mol. The minimum Gasteiger partial charge on any atom is -0.394 e. The first-order chi connectivity index (χ1) is 25.5. The summed E-state index contributed by atoms with van der Waals surface area (Å²) >= 11 is 0. The topological polar surface area (TPSA) is 89.8 Å². The average molecular weight is 734 g/mol. The van der Waals surface area contributed by atoms with Crippen LogP contribution in [0, 0.1) is 0 Å². The van der Waals surface area contributed by atoms with Crippen molar-refractivity contribution in [3.63, 3.8) is 0 Å². The van der Waals surface area contributed by atoms with Gasteiger partial charge in [-0.2, -0.15) is 0 Å². The highest BCUT2D eigenvalue weighted by Crippen LogP contribution is 2.17. The van der Waals surface area contributed by atoms with Crippen molar-refractivity contribution in [3.8, 4) is 0 Å². The van der Waals surface area contributed by atoms with Crippen molar-refractivity contribution >= 4 is 5.91 Å². The van der Waals surface area contributed by atoms with Crippen LogP contribution in [0.5, 0.6) is 0 Å². The predicted molar refractivity (Wildman–Crippen MR) is 227 cm³/mol. The first-order valence-electron chi connectivity index (χ1n) is 23.1. The minimum atomic E-state index is -0.750. The molecule has 0 rings (SSSR count). The Kier molecular flexibility index (Phi) is 41.6. The fourth-order valence-electron chi connectivity index (χ4n) is 7.22. The third-order valence-electron chi connectivity index (χ3n) is 10.8. The predicted octanol–water partition coefficient (Wildman–Crippen LogP) is 13.4. The molecule has 0 aliphatic carbocycles. The second kappa shape index (κ2) is 42.6. The highest BCUT2D eigenvalue weighted by molar-refractivity contribution is 5.76. The molecule has 5 heteroatoms. The standard InChI is InChI=1S/C47H91NO4/c1-3-5-7-9-11-13-15-17-19-21-22-23-25-27-29-31-33-35-37-39-41-46(51)45(43-49)48-47(52)42-44(50)40-38-36-34-32-30-28-26-24-20-18-16-14-12-10-8-6-4-2/h12,14,16,18,44-46,49-51H,3-11,13,15,17,19-43H2,1-2H3,(H,48,52)/b14-12-,18-16-. The van der Waals surface area contributed by atoms with E-state index in [-0.39, 0.29) is 18.9 Å². The molecule has 0 saturated heterocycles. The van der Waals surface area contributed by atoms with Crippen molar-refractivity contribution in [2.24, 2.45) is 0 Å². The maximum absolute atomic E-state index is 12.5. The number of aliphatic hydroxyl groups excluding tert-OH is 3. The molecule has 52 heavy (non-hydrogen) atoms. The zero-order valence-corrected chi connectivity index (χ0v) is 35.0. The Morgan fingerprint density at radius 3 is 1.21 bits per heavy atom. The molecule has 308 valence electrons. The molecule has 0 aromatic heterocycles. The zero-order chi connectivity index (χ0) is 38.0. The molecule has 1 amide bonds. The van der Waals surface area contributed by atoms with Crippen LogP contribution in [0.2, 0.25) is 0 Å². The van der Waals surface area contributed by atoms with Gasteiger partial charge in [-0.3, -0.25) is 4.79 Å². The van der Waals surface area contributed by atoms with Crippen LogP contribution in [-0.2, 0) is 4.79 Å². The van der Waals surface area contributed by atoms with Crippen LogP contribution in [0.25, 0.3) is 0 Å². The summed E-state index contributed by atoms with van der Waals surface area (Å²) in [5.41, 5.74) is 0. The normalized spacial score (nSPS) is 13.7. The van der Waals surface area contributed by atoms with Gasteiger partial charge in [0.1, 0.15) is 0 Å². The zero-order valence-electron chi connectivity index (χ0n) is 35.0. The van der Waals surface area contributed by atoms with Gasteiger partial charge in [-0.05, 0) is 38.5 Å². The number of amides is 1. The van der Waals surface area contributed by atoms with Gasteiger partial charge in [0.2, 0.25) is 5.91 Å². The molecule has 0 aliphatic heterocycles. The molecule has 0 aromatic carbocycles. The van der Waals surface area contributed by atoms with Crippen molar-refractivity contribution in [2.45, 2.75) is 263 Å². The number of carbonyl (C=O) groups excluding carboxylic acids is 1. The summed E-state index contributed by atoms with van der Waals surface area (Å²) < 4.78 is 0.